The van der Waals surface area contributed by atoms with Gasteiger partial charge in [-0.2, -0.15) is 0 Å². The second-order valence-electron chi connectivity index (χ2n) is 8.33. The smallest absolute Gasteiger partial charge is 0.408 e. The maximum Gasteiger partial charge on any atom is 0.408 e. The first-order chi connectivity index (χ1) is 13.0. The summed E-state index contributed by atoms with van der Waals surface area (Å²) in [7, 11) is 1.30. The first kappa shape index (κ1) is 21.5. The number of ether oxygens (including phenoxy) is 2. The molecule has 0 saturated heterocycles. The van der Waals surface area contributed by atoms with E-state index < -0.39 is 23.7 Å². The van der Waals surface area contributed by atoms with Crippen LogP contribution in [0.15, 0.2) is 43.1 Å². The van der Waals surface area contributed by atoms with Gasteiger partial charge in [-0.25, -0.2) is 9.59 Å². The number of carbonyl (C=O) groups is 2. The van der Waals surface area contributed by atoms with E-state index in [0.717, 1.165) is 16.5 Å². The molecule has 0 aliphatic rings. The monoisotopic (exact) mass is 386 g/mol. The van der Waals surface area contributed by atoms with Crippen molar-refractivity contribution in [2.24, 2.45) is 0 Å². The molecule has 1 heterocycles. The number of benzene rings is 1. The van der Waals surface area contributed by atoms with Crippen LogP contribution in [0.3, 0.4) is 0 Å². The zero-order chi connectivity index (χ0) is 21.1. The van der Waals surface area contributed by atoms with Gasteiger partial charge in [-0.1, -0.05) is 24.3 Å². The van der Waals surface area contributed by atoms with Crippen LogP contribution in [-0.4, -0.2) is 35.4 Å². The molecule has 1 atom stereocenters. The molecule has 2 rings (SSSR count). The summed E-state index contributed by atoms with van der Waals surface area (Å²) in [6, 6.07) is 7.09. The fourth-order valence-corrected chi connectivity index (χ4v) is 2.99. The fraction of sp³-hybridized carbons (Fsp3) is 0.455. The van der Waals surface area contributed by atoms with Gasteiger partial charge in [0.1, 0.15) is 11.6 Å². The molecule has 152 valence electrons. The Hall–Kier alpha value is -2.76. The van der Waals surface area contributed by atoms with Crippen molar-refractivity contribution in [3.05, 3.63) is 48.7 Å². The summed E-state index contributed by atoms with van der Waals surface area (Å²) in [5, 5.41) is 3.65. The zero-order valence-electron chi connectivity index (χ0n) is 17.5. The SMILES string of the molecule is C=CC(C)(C)n1cc(C[C@H](NC(=O)OC(C)(C)C)C(=O)OC)c2ccccc21. The third-order valence-corrected chi connectivity index (χ3v) is 4.52. The van der Waals surface area contributed by atoms with Crippen LogP contribution in [0.25, 0.3) is 10.9 Å². The lowest BCUT2D eigenvalue weighted by molar-refractivity contribution is -0.143. The van der Waals surface area contributed by atoms with Crippen molar-refractivity contribution < 1.29 is 19.1 Å². The Labute approximate surface area is 166 Å². The molecule has 0 radical (unpaired) electrons. The highest BCUT2D eigenvalue weighted by Crippen LogP contribution is 2.29. The summed E-state index contributed by atoms with van der Waals surface area (Å²) in [5.74, 6) is -0.523. The number of aromatic nitrogens is 1. The largest absolute Gasteiger partial charge is 0.467 e. The quantitative estimate of drug-likeness (QED) is 0.597. The standard InChI is InChI=1S/C22H30N2O4/c1-8-22(5,6)24-14-15(16-11-9-10-12-18(16)24)13-17(19(25)27-7)23-20(26)28-21(2,3)4/h8-12,14,17H,1,13H2,2-7H3,(H,23,26)/t17-/m0/s1. The number of carbonyl (C=O) groups excluding carboxylic acids is 2. The molecular formula is C22H30N2O4. The molecule has 0 aliphatic heterocycles. The summed E-state index contributed by atoms with van der Waals surface area (Å²) < 4.78 is 12.3. The molecule has 0 aliphatic carbocycles. The van der Waals surface area contributed by atoms with E-state index >= 15 is 0 Å². The minimum atomic E-state index is -0.856. The van der Waals surface area contributed by atoms with Gasteiger partial charge >= 0.3 is 12.1 Å². The number of allylic oxidation sites excluding steroid dienone is 1. The van der Waals surface area contributed by atoms with Gasteiger partial charge in [-0.15, -0.1) is 6.58 Å². The highest BCUT2D eigenvalue weighted by atomic mass is 16.6. The van der Waals surface area contributed by atoms with Crippen LogP contribution in [0, 0.1) is 0 Å². The lowest BCUT2D eigenvalue weighted by Gasteiger charge is -2.24. The molecule has 2 aromatic rings. The maximum absolute atomic E-state index is 12.3. The predicted molar refractivity (Wildman–Crippen MR) is 110 cm³/mol. The minimum absolute atomic E-state index is 0.284. The molecule has 0 spiro atoms. The molecule has 1 amide bonds. The fourth-order valence-electron chi connectivity index (χ4n) is 2.99. The van der Waals surface area contributed by atoms with Gasteiger partial charge in [0.05, 0.1) is 12.6 Å². The van der Waals surface area contributed by atoms with Gasteiger partial charge in [0.2, 0.25) is 0 Å². The first-order valence-electron chi connectivity index (χ1n) is 9.29. The van der Waals surface area contributed by atoms with Crippen LogP contribution >= 0.6 is 0 Å². The molecule has 28 heavy (non-hydrogen) atoms. The lowest BCUT2D eigenvalue weighted by Crippen LogP contribution is -2.45. The number of nitrogens with one attached hydrogen (secondary N) is 1. The number of amides is 1. The van der Waals surface area contributed by atoms with E-state index in [1.807, 2.05) is 36.5 Å². The topological polar surface area (TPSA) is 69.6 Å². The van der Waals surface area contributed by atoms with E-state index in [4.69, 9.17) is 9.47 Å². The number of nitrogens with zero attached hydrogens (tertiary/aromatic N) is 1. The van der Waals surface area contributed by atoms with E-state index in [0.29, 0.717) is 0 Å². The number of hydrogen-bond donors (Lipinski definition) is 1. The van der Waals surface area contributed by atoms with Gasteiger partial charge in [0.25, 0.3) is 0 Å². The van der Waals surface area contributed by atoms with Crippen LogP contribution in [0.1, 0.15) is 40.2 Å². The van der Waals surface area contributed by atoms with Crippen molar-refractivity contribution in [3.63, 3.8) is 0 Å². The minimum Gasteiger partial charge on any atom is -0.467 e. The van der Waals surface area contributed by atoms with Gasteiger partial charge in [-0.3, -0.25) is 0 Å². The molecule has 1 aromatic carbocycles. The number of alkyl carbamates (subject to hydrolysis) is 1. The number of hydrogen-bond acceptors (Lipinski definition) is 4. The summed E-state index contributed by atoms with van der Waals surface area (Å²) in [6.45, 7) is 13.4. The zero-order valence-corrected chi connectivity index (χ0v) is 17.5. The van der Waals surface area contributed by atoms with E-state index in [9.17, 15) is 9.59 Å². The third-order valence-electron chi connectivity index (χ3n) is 4.52. The van der Waals surface area contributed by atoms with Gasteiger partial charge in [0.15, 0.2) is 0 Å². The number of esters is 1. The second kappa shape index (κ2) is 8.09. The number of methoxy groups -OCH3 is 1. The summed E-state index contributed by atoms with van der Waals surface area (Å²) in [4.78, 5) is 24.5. The molecular weight excluding hydrogens is 356 g/mol. The Balaban J connectivity index is 2.39. The molecule has 0 fully saturated rings. The summed E-state index contributed by atoms with van der Waals surface area (Å²) >= 11 is 0. The van der Waals surface area contributed by atoms with Crippen molar-refractivity contribution in [2.45, 2.75) is 58.2 Å². The Morgan fingerprint density at radius 1 is 1.21 bits per heavy atom. The van der Waals surface area contributed by atoms with Crippen molar-refractivity contribution in [2.75, 3.05) is 7.11 Å². The van der Waals surface area contributed by atoms with Crippen molar-refractivity contribution in [1.82, 2.24) is 9.88 Å². The molecule has 0 bridgehead atoms. The highest BCUT2D eigenvalue weighted by Gasteiger charge is 2.28. The van der Waals surface area contributed by atoms with E-state index in [-0.39, 0.29) is 12.0 Å². The van der Waals surface area contributed by atoms with Crippen molar-refractivity contribution in [1.29, 1.82) is 0 Å². The van der Waals surface area contributed by atoms with E-state index in [2.05, 4.69) is 30.3 Å². The van der Waals surface area contributed by atoms with Gasteiger partial charge in [-0.05, 0) is 46.2 Å². The van der Waals surface area contributed by atoms with Crippen LogP contribution in [-0.2, 0) is 26.2 Å². The first-order valence-corrected chi connectivity index (χ1v) is 9.29. The van der Waals surface area contributed by atoms with Crippen LogP contribution in [0.4, 0.5) is 4.79 Å². The average molecular weight is 386 g/mol. The molecule has 1 aromatic heterocycles. The van der Waals surface area contributed by atoms with Crippen LogP contribution < -0.4 is 5.32 Å². The normalized spacial score (nSPS) is 13.1. The number of fused-ring (bicyclic) bond motifs is 1. The van der Waals surface area contributed by atoms with Crippen molar-refractivity contribution in [3.8, 4) is 0 Å². The highest BCUT2D eigenvalue weighted by molar-refractivity contribution is 5.87. The Bertz CT molecular complexity index is 874. The van der Waals surface area contributed by atoms with E-state index in [1.165, 1.54) is 7.11 Å². The van der Waals surface area contributed by atoms with E-state index in [1.54, 1.807) is 20.8 Å². The average Bonchev–Trinajstić information content (AvgIpc) is 2.98. The lowest BCUT2D eigenvalue weighted by atomic mass is 10.1. The Morgan fingerprint density at radius 2 is 1.86 bits per heavy atom. The van der Waals surface area contributed by atoms with Gasteiger partial charge < -0.3 is 19.4 Å². The number of rotatable bonds is 6. The van der Waals surface area contributed by atoms with Gasteiger partial charge in [0, 0.05) is 23.5 Å². The Kier molecular flexibility index (Phi) is 6.22. The Morgan fingerprint density at radius 3 is 2.43 bits per heavy atom. The molecule has 6 heteroatoms. The molecule has 0 unspecified atom stereocenters. The molecule has 1 N–H and O–H groups in total. The summed E-state index contributed by atoms with van der Waals surface area (Å²) in [6.07, 6.45) is 3.50. The summed E-state index contributed by atoms with van der Waals surface area (Å²) in [5.41, 5.74) is 0.992. The maximum atomic E-state index is 12.3. The molecule has 0 saturated carbocycles. The third kappa shape index (κ3) is 4.94. The predicted octanol–water partition coefficient (Wildman–Crippen LogP) is 4.17. The second-order valence-corrected chi connectivity index (χ2v) is 8.33. The van der Waals surface area contributed by atoms with Crippen LogP contribution in [0.5, 0.6) is 0 Å². The van der Waals surface area contributed by atoms with Crippen molar-refractivity contribution >= 4 is 23.0 Å². The number of para-hydroxylation sites is 1. The van der Waals surface area contributed by atoms with Crippen LogP contribution in [0.2, 0.25) is 0 Å². The molecule has 6 nitrogen and oxygen atoms in total.